The topological polar surface area (TPSA) is 53.8 Å². The number of hydrogen-bond donors (Lipinski definition) is 1. The quantitative estimate of drug-likeness (QED) is 0.770. The minimum atomic E-state index is -0.345. The molecule has 0 unspecified atom stereocenters. The van der Waals surface area contributed by atoms with Crippen molar-refractivity contribution in [1.29, 1.82) is 0 Å². The van der Waals surface area contributed by atoms with E-state index in [0.717, 1.165) is 18.5 Å². The van der Waals surface area contributed by atoms with Crippen LogP contribution in [0, 0.1) is 5.41 Å². The Hall–Kier alpha value is -1.97. The van der Waals surface area contributed by atoms with Gasteiger partial charge in [0.1, 0.15) is 0 Å². The average molecular weight is 299 g/mol. The molecule has 0 bridgehead atoms. The van der Waals surface area contributed by atoms with Crippen molar-refractivity contribution in [2.24, 2.45) is 15.6 Å². The highest BCUT2D eigenvalue weighted by Crippen LogP contribution is 2.26. The van der Waals surface area contributed by atoms with Gasteiger partial charge in [0.25, 0.3) is 0 Å². The first kappa shape index (κ1) is 16.4. The molecule has 1 saturated carbocycles. The summed E-state index contributed by atoms with van der Waals surface area (Å²) < 4.78 is 0. The van der Waals surface area contributed by atoms with Gasteiger partial charge in [0, 0.05) is 18.7 Å². The van der Waals surface area contributed by atoms with Gasteiger partial charge in [-0.05, 0) is 49.8 Å². The van der Waals surface area contributed by atoms with Crippen LogP contribution in [0.3, 0.4) is 0 Å². The Labute approximate surface area is 132 Å². The van der Waals surface area contributed by atoms with Crippen molar-refractivity contribution in [3.8, 4) is 0 Å². The van der Waals surface area contributed by atoms with Crippen molar-refractivity contribution in [3.63, 3.8) is 0 Å². The Balaban J connectivity index is 1.87. The van der Waals surface area contributed by atoms with E-state index in [1.54, 1.807) is 7.05 Å². The number of nitrogens with one attached hydrogen (secondary N) is 1. The molecule has 0 spiro atoms. The summed E-state index contributed by atoms with van der Waals surface area (Å²) in [6.45, 7) is 3.95. The van der Waals surface area contributed by atoms with Gasteiger partial charge in [0.2, 0.25) is 5.91 Å². The zero-order chi connectivity index (χ0) is 16.0. The molecular formula is C18H25N3O. The first-order valence-electron chi connectivity index (χ1n) is 7.91. The minimum Gasteiger partial charge on any atom is -0.359 e. The van der Waals surface area contributed by atoms with Crippen LogP contribution in [0.2, 0.25) is 0 Å². The molecule has 4 heteroatoms. The Morgan fingerprint density at radius 2 is 1.95 bits per heavy atom. The van der Waals surface area contributed by atoms with E-state index in [2.05, 4.69) is 27.7 Å². The molecule has 0 aromatic heterocycles. The van der Waals surface area contributed by atoms with Gasteiger partial charge in [0.15, 0.2) is 0 Å². The lowest BCUT2D eigenvalue weighted by Crippen LogP contribution is -2.34. The number of azo groups is 1. The highest BCUT2D eigenvalue weighted by molar-refractivity contribution is 5.81. The smallest absolute Gasteiger partial charge is 0.225 e. The van der Waals surface area contributed by atoms with E-state index in [4.69, 9.17) is 0 Å². The predicted molar refractivity (Wildman–Crippen MR) is 89.1 cm³/mol. The maximum absolute atomic E-state index is 11.8. The zero-order valence-corrected chi connectivity index (χ0v) is 13.7. The van der Waals surface area contributed by atoms with Crippen LogP contribution in [-0.2, 0) is 11.2 Å². The fourth-order valence-corrected chi connectivity index (χ4v) is 2.33. The lowest BCUT2D eigenvalue weighted by molar-refractivity contribution is -0.129. The molecule has 0 aliphatic heterocycles. The molecule has 2 rings (SSSR count). The van der Waals surface area contributed by atoms with E-state index in [1.165, 1.54) is 30.4 Å². The highest BCUT2D eigenvalue weighted by Gasteiger charge is 2.25. The third kappa shape index (κ3) is 4.52. The predicted octanol–water partition coefficient (Wildman–Crippen LogP) is 4.54. The summed E-state index contributed by atoms with van der Waals surface area (Å²) in [5, 5.41) is 11.0. The SMILES string of the molecule is CNC(=O)C(C)(C)CCc1ccc(N=NC=C2CCC2)cc1. The van der Waals surface area contributed by atoms with Crippen molar-refractivity contribution in [3.05, 3.63) is 41.6 Å². The standard InChI is InChI=1S/C18H25N3O/c1-18(2,17(22)19-3)12-11-14-7-9-16(10-8-14)21-20-13-15-5-4-6-15/h7-10,13H,4-6,11-12H2,1-3H3,(H,19,22). The molecule has 1 aromatic carbocycles. The summed E-state index contributed by atoms with van der Waals surface area (Å²) >= 11 is 0. The second kappa shape index (κ2) is 7.34. The van der Waals surface area contributed by atoms with Crippen molar-refractivity contribution < 1.29 is 4.79 Å². The van der Waals surface area contributed by atoms with E-state index >= 15 is 0 Å². The number of nitrogens with zero attached hydrogens (tertiary/aromatic N) is 2. The number of allylic oxidation sites excluding steroid dienone is 1. The molecule has 1 aliphatic rings. The normalized spacial score (nSPS) is 14.8. The van der Waals surface area contributed by atoms with Gasteiger partial charge in [0.05, 0.1) is 5.69 Å². The molecule has 4 nitrogen and oxygen atoms in total. The second-order valence-corrected chi connectivity index (χ2v) is 6.49. The van der Waals surface area contributed by atoms with E-state index in [0.29, 0.717) is 0 Å². The first-order chi connectivity index (χ1) is 10.5. The average Bonchev–Trinajstić information content (AvgIpc) is 2.48. The molecule has 0 saturated heterocycles. The Morgan fingerprint density at radius 1 is 1.27 bits per heavy atom. The van der Waals surface area contributed by atoms with Crippen LogP contribution in [0.4, 0.5) is 5.69 Å². The Morgan fingerprint density at radius 3 is 2.50 bits per heavy atom. The zero-order valence-electron chi connectivity index (χ0n) is 13.7. The van der Waals surface area contributed by atoms with Gasteiger partial charge < -0.3 is 5.32 Å². The van der Waals surface area contributed by atoms with Crippen molar-refractivity contribution >= 4 is 11.6 Å². The van der Waals surface area contributed by atoms with Crippen LogP contribution in [-0.4, -0.2) is 13.0 Å². The molecule has 0 radical (unpaired) electrons. The van der Waals surface area contributed by atoms with Crippen LogP contribution < -0.4 is 5.32 Å². The molecule has 1 amide bonds. The number of benzene rings is 1. The first-order valence-corrected chi connectivity index (χ1v) is 7.91. The summed E-state index contributed by atoms with van der Waals surface area (Å²) in [5.41, 5.74) is 3.12. The number of rotatable bonds is 6. The van der Waals surface area contributed by atoms with Crippen LogP contribution in [0.15, 0.2) is 46.3 Å². The summed E-state index contributed by atoms with van der Waals surface area (Å²) in [6, 6.07) is 8.07. The fraction of sp³-hybridized carbons (Fsp3) is 0.500. The molecule has 1 fully saturated rings. The number of aryl methyl sites for hydroxylation is 1. The van der Waals surface area contributed by atoms with Crippen LogP contribution in [0.1, 0.15) is 45.1 Å². The van der Waals surface area contributed by atoms with Crippen molar-refractivity contribution in [2.45, 2.75) is 46.0 Å². The van der Waals surface area contributed by atoms with Gasteiger partial charge in [-0.15, -0.1) is 0 Å². The van der Waals surface area contributed by atoms with Gasteiger partial charge in [-0.1, -0.05) is 31.6 Å². The highest BCUT2D eigenvalue weighted by atomic mass is 16.2. The molecule has 1 aromatic rings. The third-order valence-electron chi connectivity index (χ3n) is 4.23. The molecular weight excluding hydrogens is 274 g/mol. The van der Waals surface area contributed by atoms with Crippen LogP contribution >= 0.6 is 0 Å². The van der Waals surface area contributed by atoms with E-state index in [9.17, 15) is 4.79 Å². The number of amides is 1. The maximum Gasteiger partial charge on any atom is 0.225 e. The van der Waals surface area contributed by atoms with E-state index in [1.807, 2.05) is 32.2 Å². The second-order valence-electron chi connectivity index (χ2n) is 6.49. The summed E-state index contributed by atoms with van der Waals surface area (Å²) in [6.07, 6.45) is 7.19. The van der Waals surface area contributed by atoms with Gasteiger partial charge in [-0.2, -0.15) is 10.2 Å². The molecule has 0 heterocycles. The summed E-state index contributed by atoms with van der Waals surface area (Å²) in [5.74, 6) is 0.0851. The lowest BCUT2D eigenvalue weighted by atomic mass is 9.85. The minimum absolute atomic E-state index is 0.0851. The Kier molecular flexibility index (Phi) is 5.47. The summed E-state index contributed by atoms with van der Waals surface area (Å²) in [7, 11) is 1.68. The van der Waals surface area contributed by atoms with Crippen molar-refractivity contribution in [1.82, 2.24) is 5.32 Å². The van der Waals surface area contributed by atoms with E-state index < -0.39 is 0 Å². The molecule has 1 aliphatic carbocycles. The van der Waals surface area contributed by atoms with E-state index in [-0.39, 0.29) is 11.3 Å². The molecule has 118 valence electrons. The molecule has 22 heavy (non-hydrogen) atoms. The number of hydrogen-bond acceptors (Lipinski definition) is 3. The molecule has 1 N–H and O–H groups in total. The molecule has 0 atom stereocenters. The number of carbonyl (C=O) groups is 1. The van der Waals surface area contributed by atoms with Gasteiger partial charge >= 0.3 is 0 Å². The lowest BCUT2D eigenvalue weighted by Gasteiger charge is -2.22. The van der Waals surface area contributed by atoms with Crippen LogP contribution in [0.25, 0.3) is 0 Å². The largest absolute Gasteiger partial charge is 0.359 e. The maximum atomic E-state index is 11.8. The summed E-state index contributed by atoms with van der Waals surface area (Å²) in [4.78, 5) is 11.8. The van der Waals surface area contributed by atoms with Gasteiger partial charge in [-0.25, -0.2) is 0 Å². The monoisotopic (exact) mass is 299 g/mol. The third-order valence-corrected chi connectivity index (χ3v) is 4.23. The fourth-order valence-electron chi connectivity index (χ4n) is 2.33. The van der Waals surface area contributed by atoms with Crippen molar-refractivity contribution in [2.75, 3.05) is 7.05 Å². The van der Waals surface area contributed by atoms with Gasteiger partial charge in [-0.3, -0.25) is 4.79 Å². The Bertz CT molecular complexity index is 564. The number of carbonyl (C=O) groups excluding carboxylic acids is 1. The van der Waals surface area contributed by atoms with Crippen LogP contribution in [0.5, 0.6) is 0 Å².